The second kappa shape index (κ2) is 6.37. The number of methoxy groups -OCH3 is 2. The molecule has 0 fully saturated rings. The van der Waals surface area contributed by atoms with Crippen molar-refractivity contribution in [3.05, 3.63) is 52.9 Å². The highest BCUT2D eigenvalue weighted by Gasteiger charge is 2.10. The van der Waals surface area contributed by atoms with Crippen LogP contribution in [0.4, 0.5) is 4.39 Å². The van der Waals surface area contributed by atoms with E-state index in [0.29, 0.717) is 27.4 Å². The van der Waals surface area contributed by atoms with Crippen LogP contribution in [0.1, 0.15) is 0 Å². The van der Waals surface area contributed by atoms with E-state index in [-0.39, 0.29) is 5.82 Å². The third-order valence-electron chi connectivity index (χ3n) is 3.34. The Hall–Kier alpha value is -2.41. The van der Waals surface area contributed by atoms with Crippen molar-refractivity contribution in [3.8, 4) is 28.4 Å². The summed E-state index contributed by atoms with van der Waals surface area (Å²) in [7, 11) is 3.15. The van der Waals surface area contributed by atoms with Crippen LogP contribution in [0.3, 0.4) is 0 Å². The third-order valence-corrected chi connectivity index (χ3v) is 3.98. The number of nitrogens with zero attached hydrogens (tertiary/aromatic N) is 3. The number of halogens is 2. The highest BCUT2D eigenvalue weighted by atomic mass is 79.9. The smallest absolute Gasteiger partial charge is 0.161 e. The minimum atomic E-state index is -0.356. The van der Waals surface area contributed by atoms with E-state index in [9.17, 15) is 4.39 Å². The second-order valence-corrected chi connectivity index (χ2v) is 5.57. The van der Waals surface area contributed by atoms with E-state index in [1.54, 1.807) is 38.6 Å². The van der Waals surface area contributed by atoms with Gasteiger partial charge in [0.15, 0.2) is 11.5 Å². The maximum Gasteiger partial charge on any atom is 0.161 e. The lowest BCUT2D eigenvalue weighted by Crippen LogP contribution is -1.95. The predicted molar refractivity (Wildman–Crippen MR) is 87.6 cm³/mol. The minimum Gasteiger partial charge on any atom is -0.493 e. The van der Waals surface area contributed by atoms with Gasteiger partial charge in [0, 0.05) is 11.6 Å². The first-order valence-electron chi connectivity index (χ1n) is 6.72. The van der Waals surface area contributed by atoms with E-state index >= 15 is 0 Å². The molecule has 0 radical (unpaired) electrons. The van der Waals surface area contributed by atoms with Crippen molar-refractivity contribution in [1.82, 2.24) is 15.0 Å². The zero-order chi connectivity index (χ0) is 16.4. The Labute approximate surface area is 140 Å². The molecule has 5 nitrogen and oxygen atoms in total. The van der Waals surface area contributed by atoms with E-state index in [0.717, 1.165) is 5.56 Å². The van der Waals surface area contributed by atoms with Crippen molar-refractivity contribution in [2.45, 2.75) is 0 Å². The molecule has 7 heteroatoms. The molecule has 0 saturated carbocycles. The Morgan fingerprint density at radius 1 is 1.04 bits per heavy atom. The normalized spacial score (nSPS) is 10.6. The van der Waals surface area contributed by atoms with E-state index in [1.165, 1.54) is 10.7 Å². The molecule has 0 aliphatic rings. The molecule has 3 aromatic rings. The summed E-state index contributed by atoms with van der Waals surface area (Å²) in [6, 6.07) is 10.2. The third kappa shape index (κ3) is 3.05. The van der Waals surface area contributed by atoms with Crippen molar-refractivity contribution in [1.29, 1.82) is 0 Å². The SMILES string of the molecule is COc1ccc(-c2cn(-c3ccc(Br)c(F)c3)nn2)cc1OC. The molecule has 1 aromatic heterocycles. The molecule has 0 N–H and O–H groups in total. The number of ether oxygens (including phenoxy) is 2. The molecule has 0 aliphatic heterocycles. The fourth-order valence-electron chi connectivity index (χ4n) is 2.15. The standard InChI is InChI=1S/C16H13BrFN3O2/c1-22-15-6-3-10(7-16(15)23-2)14-9-21(20-19-14)11-4-5-12(17)13(18)8-11/h3-9H,1-2H3. The molecular formula is C16H13BrFN3O2. The van der Waals surface area contributed by atoms with Crippen LogP contribution < -0.4 is 9.47 Å². The van der Waals surface area contributed by atoms with E-state index in [1.807, 2.05) is 12.1 Å². The van der Waals surface area contributed by atoms with Crippen LogP contribution in [-0.4, -0.2) is 29.2 Å². The van der Waals surface area contributed by atoms with Gasteiger partial charge in [-0.3, -0.25) is 0 Å². The maximum absolute atomic E-state index is 13.6. The van der Waals surface area contributed by atoms with Gasteiger partial charge in [0.25, 0.3) is 0 Å². The average Bonchev–Trinajstić information content (AvgIpc) is 3.06. The summed E-state index contributed by atoms with van der Waals surface area (Å²) in [6.45, 7) is 0. The van der Waals surface area contributed by atoms with Gasteiger partial charge in [-0.2, -0.15) is 0 Å². The fraction of sp³-hybridized carbons (Fsp3) is 0.125. The average molecular weight is 378 g/mol. The Bertz CT molecular complexity index is 851. The Balaban J connectivity index is 1.97. The van der Waals surface area contributed by atoms with E-state index < -0.39 is 0 Å². The zero-order valence-corrected chi connectivity index (χ0v) is 14.0. The van der Waals surface area contributed by atoms with Gasteiger partial charge >= 0.3 is 0 Å². The van der Waals surface area contributed by atoms with Gasteiger partial charge in [0.2, 0.25) is 0 Å². The van der Waals surface area contributed by atoms with Crippen LogP contribution in [-0.2, 0) is 0 Å². The van der Waals surface area contributed by atoms with Crippen molar-refractivity contribution in [3.63, 3.8) is 0 Å². The molecule has 0 unspecified atom stereocenters. The molecule has 0 spiro atoms. The monoisotopic (exact) mass is 377 g/mol. The lowest BCUT2D eigenvalue weighted by atomic mass is 10.1. The highest BCUT2D eigenvalue weighted by molar-refractivity contribution is 9.10. The molecular weight excluding hydrogens is 365 g/mol. The molecule has 2 aromatic carbocycles. The van der Waals surface area contributed by atoms with Crippen LogP contribution in [0.2, 0.25) is 0 Å². The van der Waals surface area contributed by atoms with Crippen LogP contribution in [0, 0.1) is 5.82 Å². The first-order valence-corrected chi connectivity index (χ1v) is 7.52. The first-order chi connectivity index (χ1) is 11.1. The lowest BCUT2D eigenvalue weighted by molar-refractivity contribution is 0.355. The summed E-state index contributed by atoms with van der Waals surface area (Å²) in [5.41, 5.74) is 2.06. The Morgan fingerprint density at radius 2 is 1.83 bits per heavy atom. The number of benzene rings is 2. The number of aromatic nitrogens is 3. The number of hydrogen-bond donors (Lipinski definition) is 0. The fourth-order valence-corrected chi connectivity index (χ4v) is 2.39. The van der Waals surface area contributed by atoms with Crippen molar-refractivity contribution in [2.75, 3.05) is 14.2 Å². The van der Waals surface area contributed by atoms with Gasteiger partial charge in [0.1, 0.15) is 11.5 Å². The van der Waals surface area contributed by atoms with Gasteiger partial charge in [-0.15, -0.1) is 5.10 Å². The van der Waals surface area contributed by atoms with E-state index in [4.69, 9.17) is 9.47 Å². The topological polar surface area (TPSA) is 49.2 Å². The van der Waals surface area contributed by atoms with Gasteiger partial charge in [-0.05, 0) is 46.3 Å². The zero-order valence-electron chi connectivity index (χ0n) is 12.5. The number of hydrogen-bond acceptors (Lipinski definition) is 4. The Kier molecular flexibility index (Phi) is 4.29. The summed E-state index contributed by atoms with van der Waals surface area (Å²) in [6.07, 6.45) is 1.73. The summed E-state index contributed by atoms with van der Waals surface area (Å²) in [4.78, 5) is 0. The summed E-state index contributed by atoms with van der Waals surface area (Å²) < 4.78 is 26.1. The van der Waals surface area contributed by atoms with Gasteiger partial charge in [0.05, 0.1) is 30.6 Å². The van der Waals surface area contributed by atoms with Gasteiger partial charge in [-0.1, -0.05) is 5.21 Å². The van der Waals surface area contributed by atoms with Crippen LogP contribution in [0.5, 0.6) is 11.5 Å². The molecule has 118 valence electrons. The predicted octanol–water partition coefficient (Wildman–Crippen LogP) is 3.85. The molecule has 0 atom stereocenters. The summed E-state index contributed by atoms with van der Waals surface area (Å²) >= 11 is 3.13. The molecule has 3 rings (SSSR count). The number of rotatable bonds is 4. The molecule has 1 heterocycles. The molecule has 23 heavy (non-hydrogen) atoms. The molecule has 0 bridgehead atoms. The van der Waals surface area contributed by atoms with Gasteiger partial charge < -0.3 is 9.47 Å². The van der Waals surface area contributed by atoms with Crippen LogP contribution in [0.25, 0.3) is 16.9 Å². The largest absolute Gasteiger partial charge is 0.493 e. The molecule has 0 amide bonds. The van der Waals surface area contributed by atoms with Gasteiger partial charge in [-0.25, -0.2) is 9.07 Å². The first kappa shape index (κ1) is 15.5. The lowest BCUT2D eigenvalue weighted by Gasteiger charge is -2.08. The molecule has 0 saturated heterocycles. The van der Waals surface area contributed by atoms with Crippen LogP contribution >= 0.6 is 15.9 Å². The summed E-state index contributed by atoms with van der Waals surface area (Å²) in [5, 5.41) is 8.17. The van der Waals surface area contributed by atoms with E-state index in [2.05, 4.69) is 26.2 Å². The van der Waals surface area contributed by atoms with Crippen molar-refractivity contribution in [2.24, 2.45) is 0 Å². The quantitative estimate of drug-likeness (QED) is 0.692. The Morgan fingerprint density at radius 3 is 2.52 bits per heavy atom. The molecule has 0 aliphatic carbocycles. The van der Waals surface area contributed by atoms with Crippen molar-refractivity contribution >= 4 is 15.9 Å². The highest BCUT2D eigenvalue weighted by Crippen LogP contribution is 2.31. The van der Waals surface area contributed by atoms with Crippen molar-refractivity contribution < 1.29 is 13.9 Å². The second-order valence-electron chi connectivity index (χ2n) is 4.72. The minimum absolute atomic E-state index is 0.356. The van der Waals surface area contributed by atoms with Crippen LogP contribution in [0.15, 0.2) is 47.1 Å². The maximum atomic E-state index is 13.6. The summed E-state index contributed by atoms with van der Waals surface area (Å²) in [5.74, 6) is 0.888.